The first kappa shape index (κ1) is 18.8. The molecule has 3 aliphatic heterocycles. The molecule has 3 aliphatic rings. The SMILES string of the molecule is O=C(c1cccs1)N1CCN(S(=O)(=O)c2cc3c4c(c2)CCN4C(=O)CC3)CC1. The van der Waals surface area contributed by atoms with E-state index in [0.29, 0.717) is 48.7 Å². The van der Waals surface area contributed by atoms with Crippen LogP contribution in [0.25, 0.3) is 0 Å². The van der Waals surface area contributed by atoms with Crippen molar-refractivity contribution < 1.29 is 18.0 Å². The molecule has 0 bridgehead atoms. The standard InChI is InChI=1S/C20H21N3O4S2/c24-18-4-3-14-12-16(13-15-5-6-23(18)19(14)15)29(26,27)22-9-7-21(8-10-22)20(25)17-2-1-11-28-17/h1-2,11-13H,3-10H2. The van der Waals surface area contributed by atoms with Gasteiger partial charge in [-0.15, -0.1) is 11.3 Å². The number of aryl methyl sites for hydroxylation is 1. The molecule has 5 rings (SSSR count). The van der Waals surface area contributed by atoms with Gasteiger partial charge in [0.25, 0.3) is 5.91 Å². The molecule has 7 nitrogen and oxygen atoms in total. The monoisotopic (exact) mass is 431 g/mol. The van der Waals surface area contributed by atoms with Crippen LogP contribution in [-0.2, 0) is 27.7 Å². The van der Waals surface area contributed by atoms with Crippen molar-refractivity contribution in [2.75, 3.05) is 37.6 Å². The first-order valence-corrected chi connectivity index (χ1v) is 12.1. The topological polar surface area (TPSA) is 78.0 Å². The summed E-state index contributed by atoms with van der Waals surface area (Å²) in [5, 5.41) is 1.86. The summed E-state index contributed by atoms with van der Waals surface area (Å²) in [6.45, 7) is 1.98. The lowest BCUT2D eigenvalue weighted by molar-refractivity contribution is -0.118. The highest BCUT2D eigenvalue weighted by Crippen LogP contribution is 2.39. The van der Waals surface area contributed by atoms with Gasteiger partial charge in [-0.05, 0) is 47.5 Å². The second-order valence-electron chi connectivity index (χ2n) is 7.56. The highest BCUT2D eigenvalue weighted by molar-refractivity contribution is 7.89. The summed E-state index contributed by atoms with van der Waals surface area (Å²) >= 11 is 1.40. The van der Waals surface area contributed by atoms with Crippen molar-refractivity contribution in [3.63, 3.8) is 0 Å². The number of sulfonamides is 1. The number of anilines is 1. The van der Waals surface area contributed by atoms with E-state index in [1.165, 1.54) is 15.6 Å². The molecule has 2 aromatic rings. The van der Waals surface area contributed by atoms with Crippen LogP contribution in [0.4, 0.5) is 5.69 Å². The van der Waals surface area contributed by atoms with Gasteiger partial charge in [0.2, 0.25) is 15.9 Å². The first-order valence-electron chi connectivity index (χ1n) is 9.74. The molecule has 1 saturated heterocycles. The van der Waals surface area contributed by atoms with Gasteiger partial charge in [-0.3, -0.25) is 9.59 Å². The van der Waals surface area contributed by atoms with Crippen molar-refractivity contribution in [2.45, 2.75) is 24.2 Å². The summed E-state index contributed by atoms with van der Waals surface area (Å²) in [6, 6.07) is 7.10. The lowest BCUT2D eigenvalue weighted by Gasteiger charge is -2.34. The van der Waals surface area contributed by atoms with Crippen molar-refractivity contribution >= 4 is 38.9 Å². The van der Waals surface area contributed by atoms with Crippen molar-refractivity contribution in [3.8, 4) is 0 Å². The molecule has 0 spiro atoms. The quantitative estimate of drug-likeness (QED) is 0.742. The van der Waals surface area contributed by atoms with Crippen LogP contribution in [-0.4, -0.2) is 62.2 Å². The highest BCUT2D eigenvalue weighted by atomic mass is 32.2. The fourth-order valence-corrected chi connectivity index (χ4v) is 6.63. The van der Waals surface area contributed by atoms with E-state index in [4.69, 9.17) is 0 Å². The lowest BCUT2D eigenvalue weighted by Crippen LogP contribution is -2.50. The molecule has 29 heavy (non-hydrogen) atoms. The molecule has 0 aliphatic carbocycles. The number of nitrogens with zero attached hydrogens (tertiary/aromatic N) is 3. The normalized spacial score (nSPS) is 19.5. The van der Waals surface area contributed by atoms with E-state index in [1.807, 2.05) is 11.4 Å². The minimum Gasteiger partial charge on any atom is -0.335 e. The Morgan fingerprint density at radius 3 is 2.38 bits per heavy atom. The predicted molar refractivity (Wildman–Crippen MR) is 110 cm³/mol. The summed E-state index contributed by atoms with van der Waals surface area (Å²) in [7, 11) is -3.63. The summed E-state index contributed by atoms with van der Waals surface area (Å²) in [6.07, 6.45) is 1.71. The second kappa shape index (κ2) is 6.93. The summed E-state index contributed by atoms with van der Waals surface area (Å²) in [5.74, 6) is 0.0853. The van der Waals surface area contributed by atoms with Crippen LogP contribution in [0.1, 0.15) is 27.2 Å². The molecule has 0 N–H and O–H groups in total. The van der Waals surface area contributed by atoms with Gasteiger partial charge >= 0.3 is 0 Å². The Labute approximate surface area is 173 Å². The molecular formula is C20H21N3O4S2. The molecule has 1 aromatic heterocycles. The van der Waals surface area contributed by atoms with E-state index in [0.717, 1.165) is 16.8 Å². The molecule has 0 atom stereocenters. The summed E-state index contributed by atoms with van der Waals surface area (Å²) < 4.78 is 28.0. The number of piperazine rings is 1. The maximum Gasteiger partial charge on any atom is 0.264 e. The molecule has 9 heteroatoms. The maximum atomic E-state index is 13.3. The Morgan fingerprint density at radius 2 is 1.69 bits per heavy atom. The van der Waals surface area contributed by atoms with Crippen molar-refractivity contribution in [1.82, 2.24) is 9.21 Å². The van der Waals surface area contributed by atoms with Crippen molar-refractivity contribution in [2.24, 2.45) is 0 Å². The van der Waals surface area contributed by atoms with E-state index in [9.17, 15) is 18.0 Å². The number of amides is 2. The number of rotatable bonds is 3. The van der Waals surface area contributed by atoms with Crippen LogP contribution in [0, 0.1) is 0 Å². The smallest absolute Gasteiger partial charge is 0.264 e. The van der Waals surface area contributed by atoms with Gasteiger partial charge in [-0.2, -0.15) is 4.31 Å². The van der Waals surface area contributed by atoms with E-state index in [2.05, 4.69) is 0 Å². The number of carbonyl (C=O) groups excluding carboxylic acids is 2. The molecule has 152 valence electrons. The Bertz CT molecular complexity index is 1090. The van der Waals surface area contributed by atoms with Crippen LogP contribution in [0.3, 0.4) is 0 Å². The first-order chi connectivity index (χ1) is 13.9. The minimum atomic E-state index is -3.63. The zero-order valence-corrected chi connectivity index (χ0v) is 17.5. The number of benzene rings is 1. The third-order valence-corrected chi connectivity index (χ3v) is 8.66. The largest absolute Gasteiger partial charge is 0.335 e. The van der Waals surface area contributed by atoms with Crippen molar-refractivity contribution in [1.29, 1.82) is 0 Å². The van der Waals surface area contributed by atoms with Gasteiger partial charge in [0.1, 0.15) is 0 Å². The van der Waals surface area contributed by atoms with Crippen LogP contribution in [0.15, 0.2) is 34.5 Å². The van der Waals surface area contributed by atoms with E-state index < -0.39 is 10.0 Å². The van der Waals surface area contributed by atoms with Crippen LogP contribution >= 0.6 is 11.3 Å². The molecule has 0 unspecified atom stereocenters. The van der Waals surface area contributed by atoms with Crippen molar-refractivity contribution in [3.05, 3.63) is 45.6 Å². The van der Waals surface area contributed by atoms with Gasteiger partial charge in [0, 0.05) is 39.1 Å². The van der Waals surface area contributed by atoms with Crippen LogP contribution < -0.4 is 4.90 Å². The lowest BCUT2D eigenvalue weighted by atomic mass is 10.00. The maximum absolute atomic E-state index is 13.3. The van der Waals surface area contributed by atoms with Crippen LogP contribution in [0.5, 0.6) is 0 Å². The molecule has 1 aromatic carbocycles. The van der Waals surface area contributed by atoms with Gasteiger partial charge in [-0.1, -0.05) is 6.07 Å². The Hall–Kier alpha value is -2.23. The zero-order valence-electron chi connectivity index (χ0n) is 15.8. The molecule has 2 amide bonds. The number of thiophene rings is 1. The average Bonchev–Trinajstić information content (AvgIpc) is 3.41. The number of hydrogen-bond donors (Lipinski definition) is 0. The summed E-state index contributed by atoms with van der Waals surface area (Å²) in [4.78, 5) is 29.1. The molecule has 0 radical (unpaired) electrons. The molecule has 4 heterocycles. The second-order valence-corrected chi connectivity index (χ2v) is 10.4. The van der Waals surface area contributed by atoms with Gasteiger partial charge in [-0.25, -0.2) is 8.42 Å². The minimum absolute atomic E-state index is 0.0382. The highest BCUT2D eigenvalue weighted by Gasteiger charge is 2.35. The third kappa shape index (κ3) is 3.08. The fourth-order valence-electron chi connectivity index (χ4n) is 4.41. The molecular weight excluding hydrogens is 410 g/mol. The van der Waals surface area contributed by atoms with E-state index >= 15 is 0 Å². The Morgan fingerprint density at radius 1 is 0.966 bits per heavy atom. The summed E-state index contributed by atoms with van der Waals surface area (Å²) in [5.41, 5.74) is 2.82. The van der Waals surface area contributed by atoms with Gasteiger partial charge in [0.05, 0.1) is 15.5 Å². The molecule has 0 saturated carbocycles. The average molecular weight is 432 g/mol. The predicted octanol–water partition coefficient (Wildman–Crippen LogP) is 1.73. The fraction of sp³-hybridized carbons (Fsp3) is 0.400. The van der Waals surface area contributed by atoms with Crippen LogP contribution in [0.2, 0.25) is 0 Å². The van der Waals surface area contributed by atoms with Gasteiger partial charge < -0.3 is 9.80 Å². The molecule has 1 fully saturated rings. The number of hydrogen-bond acceptors (Lipinski definition) is 5. The Kier molecular flexibility index (Phi) is 4.49. The zero-order chi connectivity index (χ0) is 20.2. The van der Waals surface area contributed by atoms with E-state index in [1.54, 1.807) is 28.0 Å². The van der Waals surface area contributed by atoms with E-state index in [-0.39, 0.29) is 24.9 Å². The van der Waals surface area contributed by atoms with Gasteiger partial charge in [0.15, 0.2) is 0 Å². The Balaban J connectivity index is 1.36. The third-order valence-electron chi connectivity index (χ3n) is 5.92. The number of carbonyl (C=O) groups is 2.